The summed E-state index contributed by atoms with van der Waals surface area (Å²) in [5.74, 6) is -0.728. The Bertz CT molecular complexity index is 849. The average molecular weight is 372 g/mol. The number of carbonyl (C=O) groups is 2. The number of aryl methyl sites for hydroxylation is 1. The van der Waals surface area contributed by atoms with Crippen LogP contribution in [0.1, 0.15) is 31.8 Å². The van der Waals surface area contributed by atoms with Gasteiger partial charge in [-0.15, -0.1) is 0 Å². The van der Waals surface area contributed by atoms with Crippen molar-refractivity contribution in [1.82, 2.24) is 10.6 Å². The number of oxime groups is 1. The second kappa shape index (κ2) is 8.01. The fourth-order valence-corrected chi connectivity index (χ4v) is 2.67. The van der Waals surface area contributed by atoms with E-state index in [-0.39, 0.29) is 23.2 Å². The Morgan fingerprint density at radius 2 is 1.77 bits per heavy atom. The van der Waals surface area contributed by atoms with Gasteiger partial charge in [0.1, 0.15) is 12.6 Å². The first-order chi connectivity index (χ1) is 12.5. The molecule has 0 radical (unpaired) electrons. The van der Waals surface area contributed by atoms with Gasteiger partial charge in [-0.1, -0.05) is 58.7 Å². The average Bonchev–Trinajstić information content (AvgIpc) is 3.05. The largest absolute Gasteiger partial charge is 0.392 e. The second-order valence-corrected chi connectivity index (χ2v) is 6.34. The highest BCUT2D eigenvalue weighted by atomic mass is 35.5. The molecule has 2 aromatic rings. The first-order valence-electron chi connectivity index (χ1n) is 8.13. The molecular formula is C19H18ClN3O3. The van der Waals surface area contributed by atoms with E-state index in [1.165, 1.54) is 0 Å². The molecule has 1 heterocycles. The van der Waals surface area contributed by atoms with Crippen LogP contribution in [0.25, 0.3) is 0 Å². The van der Waals surface area contributed by atoms with Gasteiger partial charge in [0.15, 0.2) is 5.17 Å². The molecule has 134 valence electrons. The number of halogens is 1. The minimum Gasteiger partial charge on any atom is -0.392 e. The molecule has 0 saturated carbocycles. The quantitative estimate of drug-likeness (QED) is 0.847. The highest BCUT2D eigenvalue weighted by Gasteiger charge is 2.25. The lowest BCUT2D eigenvalue weighted by atomic mass is 10.1. The van der Waals surface area contributed by atoms with Crippen molar-refractivity contribution in [3.63, 3.8) is 0 Å². The van der Waals surface area contributed by atoms with Crippen LogP contribution in [-0.4, -0.2) is 29.6 Å². The fourth-order valence-electron chi connectivity index (χ4n) is 2.51. The molecule has 0 aliphatic carbocycles. The Morgan fingerprint density at radius 3 is 2.38 bits per heavy atom. The summed E-state index contributed by atoms with van der Waals surface area (Å²) in [7, 11) is 0. The van der Waals surface area contributed by atoms with E-state index in [2.05, 4.69) is 15.8 Å². The Balaban J connectivity index is 1.69. The summed E-state index contributed by atoms with van der Waals surface area (Å²) in [6, 6.07) is 14.0. The van der Waals surface area contributed by atoms with Gasteiger partial charge in [-0.2, -0.15) is 0 Å². The maximum absolute atomic E-state index is 12.5. The Kier molecular flexibility index (Phi) is 5.53. The maximum Gasteiger partial charge on any atom is 0.252 e. The highest BCUT2D eigenvalue weighted by molar-refractivity contribution is 6.67. The molecule has 1 aliphatic heterocycles. The SMILES string of the molecule is Cc1ccc(CNC(=O)c2ccccc2C(=O)NC2CON=C2Cl)cc1. The molecule has 0 bridgehead atoms. The van der Waals surface area contributed by atoms with E-state index in [1.807, 2.05) is 31.2 Å². The normalized spacial score (nSPS) is 15.8. The van der Waals surface area contributed by atoms with Crippen LogP contribution in [0.3, 0.4) is 0 Å². The Morgan fingerprint density at radius 1 is 1.12 bits per heavy atom. The van der Waals surface area contributed by atoms with E-state index in [9.17, 15) is 9.59 Å². The summed E-state index contributed by atoms with van der Waals surface area (Å²) in [5, 5.41) is 9.31. The van der Waals surface area contributed by atoms with Crippen molar-refractivity contribution in [3.8, 4) is 0 Å². The van der Waals surface area contributed by atoms with Crippen molar-refractivity contribution in [2.75, 3.05) is 6.61 Å². The first kappa shape index (κ1) is 17.9. The topological polar surface area (TPSA) is 79.8 Å². The molecule has 1 atom stereocenters. The third-order valence-corrected chi connectivity index (χ3v) is 4.31. The Hall–Kier alpha value is -2.86. The van der Waals surface area contributed by atoms with Gasteiger partial charge in [-0.05, 0) is 24.6 Å². The molecule has 6 nitrogen and oxygen atoms in total. The molecule has 7 heteroatoms. The van der Waals surface area contributed by atoms with Crippen molar-refractivity contribution in [1.29, 1.82) is 0 Å². The molecule has 1 unspecified atom stereocenters. The van der Waals surface area contributed by atoms with E-state index in [1.54, 1.807) is 24.3 Å². The molecule has 0 saturated heterocycles. The zero-order valence-corrected chi connectivity index (χ0v) is 14.9. The number of hydrogen-bond acceptors (Lipinski definition) is 4. The van der Waals surface area contributed by atoms with Crippen molar-refractivity contribution < 1.29 is 14.4 Å². The van der Waals surface area contributed by atoms with Crippen LogP contribution in [-0.2, 0) is 11.4 Å². The smallest absolute Gasteiger partial charge is 0.252 e. The third kappa shape index (κ3) is 4.21. The molecule has 26 heavy (non-hydrogen) atoms. The van der Waals surface area contributed by atoms with E-state index in [0.717, 1.165) is 11.1 Å². The molecule has 0 aromatic heterocycles. The summed E-state index contributed by atoms with van der Waals surface area (Å²) in [6.07, 6.45) is 0. The molecule has 2 amide bonds. The summed E-state index contributed by atoms with van der Waals surface area (Å²) in [6.45, 7) is 2.56. The molecule has 0 fully saturated rings. The third-order valence-electron chi connectivity index (χ3n) is 3.98. The number of carbonyl (C=O) groups excluding carboxylic acids is 2. The second-order valence-electron chi connectivity index (χ2n) is 5.95. The van der Waals surface area contributed by atoms with E-state index in [4.69, 9.17) is 16.4 Å². The monoisotopic (exact) mass is 371 g/mol. The first-order valence-corrected chi connectivity index (χ1v) is 8.51. The molecule has 0 spiro atoms. The number of hydrogen-bond donors (Lipinski definition) is 2. The number of amides is 2. The zero-order valence-electron chi connectivity index (χ0n) is 14.2. The number of nitrogens with zero attached hydrogens (tertiary/aromatic N) is 1. The van der Waals surface area contributed by atoms with Gasteiger partial charge in [-0.25, -0.2) is 0 Å². The lowest BCUT2D eigenvalue weighted by Crippen LogP contribution is -2.40. The highest BCUT2D eigenvalue weighted by Crippen LogP contribution is 2.12. The maximum atomic E-state index is 12.5. The van der Waals surface area contributed by atoms with Gasteiger partial charge in [0.25, 0.3) is 11.8 Å². The summed E-state index contributed by atoms with van der Waals surface area (Å²) in [5.41, 5.74) is 2.70. The lowest BCUT2D eigenvalue weighted by Gasteiger charge is -2.13. The van der Waals surface area contributed by atoms with E-state index in [0.29, 0.717) is 12.1 Å². The van der Waals surface area contributed by atoms with Crippen LogP contribution in [0.15, 0.2) is 53.7 Å². The van der Waals surface area contributed by atoms with Gasteiger partial charge in [-0.3, -0.25) is 9.59 Å². The van der Waals surface area contributed by atoms with E-state index < -0.39 is 11.9 Å². The van der Waals surface area contributed by atoms with Crippen molar-refractivity contribution in [2.45, 2.75) is 19.5 Å². The summed E-state index contributed by atoms with van der Waals surface area (Å²) in [4.78, 5) is 29.9. The van der Waals surface area contributed by atoms with Crippen LogP contribution < -0.4 is 10.6 Å². The minimum absolute atomic E-state index is 0.173. The standard InChI is InChI=1S/C19H18ClN3O3/c1-12-6-8-13(9-7-12)10-21-18(24)14-4-2-3-5-15(14)19(25)22-16-11-26-23-17(16)20/h2-9,16H,10-11H2,1H3,(H,21,24)(H,22,25). The van der Waals surface area contributed by atoms with Crippen LogP contribution in [0.4, 0.5) is 0 Å². The van der Waals surface area contributed by atoms with Gasteiger partial charge in [0.05, 0.1) is 11.1 Å². The molecular weight excluding hydrogens is 354 g/mol. The number of rotatable bonds is 5. The van der Waals surface area contributed by atoms with E-state index >= 15 is 0 Å². The van der Waals surface area contributed by atoms with Gasteiger partial charge >= 0.3 is 0 Å². The van der Waals surface area contributed by atoms with Crippen molar-refractivity contribution >= 4 is 28.6 Å². The Labute approximate surface area is 156 Å². The van der Waals surface area contributed by atoms with Crippen molar-refractivity contribution in [3.05, 3.63) is 70.8 Å². The fraction of sp³-hybridized carbons (Fsp3) is 0.211. The predicted octanol–water partition coefficient (Wildman–Crippen LogP) is 2.61. The minimum atomic E-state index is -0.507. The lowest BCUT2D eigenvalue weighted by molar-refractivity contribution is 0.0901. The van der Waals surface area contributed by atoms with Crippen LogP contribution in [0, 0.1) is 6.92 Å². The molecule has 2 N–H and O–H groups in total. The van der Waals surface area contributed by atoms with Crippen LogP contribution >= 0.6 is 11.6 Å². The predicted molar refractivity (Wildman–Crippen MR) is 99.3 cm³/mol. The van der Waals surface area contributed by atoms with Crippen LogP contribution in [0.5, 0.6) is 0 Å². The summed E-state index contributed by atoms with van der Waals surface area (Å²) >= 11 is 5.87. The van der Waals surface area contributed by atoms with Gasteiger partial charge < -0.3 is 15.5 Å². The molecule has 1 aliphatic rings. The molecule has 2 aromatic carbocycles. The van der Waals surface area contributed by atoms with Gasteiger partial charge in [0.2, 0.25) is 0 Å². The molecule has 3 rings (SSSR count). The number of benzene rings is 2. The zero-order chi connectivity index (χ0) is 18.5. The summed E-state index contributed by atoms with van der Waals surface area (Å²) < 4.78 is 0. The van der Waals surface area contributed by atoms with Gasteiger partial charge in [0, 0.05) is 6.54 Å². The van der Waals surface area contributed by atoms with Crippen LogP contribution in [0.2, 0.25) is 0 Å². The van der Waals surface area contributed by atoms with Crippen molar-refractivity contribution in [2.24, 2.45) is 5.16 Å². The number of nitrogens with one attached hydrogen (secondary N) is 2.